The Kier molecular flexibility index (Phi) is 6.36. The van der Waals surface area contributed by atoms with Crippen molar-refractivity contribution in [3.63, 3.8) is 0 Å². The van der Waals surface area contributed by atoms with Crippen molar-refractivity contribution in [2.45, 2.75) is 31.4 Å². The molecule has 0 radical (unpaired) electrons. The van der Waals surface area contributed by atoms with Crippen LogP contribution < -0.4 is 5.32 Å². The van der Waals surface area contributed by atoms with Gasteiger partial charge < -0.3 is 10.1 Å². The number of piperidine rings is 1. The first kappa shape index (κ1) is 21.5. The molecule has 0 saturated carbocycles. The molecule has 6 nitrogen and oxygen atoms in total. The van der Waals surface area contributed by atoms with Crippen molar-refractivity contribution in [3.8, 4) is 0 Å². The predicted octanol–water partition coefficient (Wildman–Crippen LogP) is 3.28. The van der Waals surface area contributed by atoms with Crippen LogP contribution in [0.3, 0.4) is 0 Å². The Balaban J connectivity index is 1.52. The Labute approximate surface area is 184 Å². The Morgan fingerprint density at radius 2 is 1.87 bits per heavy atom. The van der Waals surface area contributed by atoms with Crippen LogP contribution in [0.1, 0.15) is 28.9 Å². The number of aromatic nitrogens is 1. The van der Waals surface area contributed by atoms with Gasteiger partial charge in [-0.25, -0.2) is 4.39 Å². The summed E-state index contributed by atoms with van der Waals surface area (Å²) in [6.07, 6.45) is 1.07. The Morgan fingerprint density at radius 1 is 1.16 bits per heavy atom. The standard InChI is InChI=1S/C23H23ClFN3O3/c24-16-3-6-19-15(12-16)13-20(26-19)22(30)27-23(31)21(28-9-7-18(29)8-10-28)11-14-1-4-17(25)5-2-14/h1-6,12-13,18,21,26,29H,7-11H2,(H,27,30,31). The molecule has 1 aliphatic heterocycles. The number of fused-ring (bicyclic) bond motifs is 1. The molecule has 1 fully saturated rings. The third kappa shape index (κ3) is 5.12. The normalized spacial score (nSPS) is 16.4. The van der Waals surface area contributed by atoms with E-state index in [1.807, 2.05) is 4.90 Å². The van der Waals surface area contributed by atoms with Gasteiger partial charge in [0.25, 0.3) is 5.91 Å². The molecule has 2 heterocycles. The van der Waals surface area contributed by atoms with E-state index in [9.17, 15) is 19.1 Å². The summed E-state index contributed by atoms with van der Waals surface area (Å²) in [5.41, 5.74) is 1.80. The number of hydrogen-bond acceptors (Lipinski definition) is 4. The first-order valence-electron chi connectivity index (χ1n) is 10.2. The number of aliphatic hydroxyl groups is 1. The van der Waals surface area contributed by atoms with Crippen LogP contribution in [-0.4, -0.2) is 52.0 Å². The second-order valence-electron chi connectivity index (χ2n) is 7.85. The zero-order valence-electron chi connectivity index (χ0n) is 16.8. The summed E-state index contributed by atoms with van der Waals surface area (Å²) in [4.78, 5) is 30.8. The van der Waals surface area contributed by atoms with Gasteiger partial charge in [-0.2, -0.15) is 0 Å². The molecular weight excluding hydrogens is 421 g/mol. The maximum atomic E-state index is 13.3. The average Bonchev–Trinajstić information content (AvgIpc) is 3.17. The van der Waals surface area contributed by atoms with Gasteiger partial charge in [0.05, 0.1) is 12.1 Å². The highest BCUT2D eigenvalue weighted by atomic mass is 35.5. The van der Waals surface area contributed by atoms with Crippen molar-refractivity contribution in [1.82, 2.24) is 15.2 Å². The van der Waals surface area contributed by atoms with Gasteiger partial charge in [0.15, 0.2) is 0 Å². The number of H-pyrrole nitrogens is 1. The van der Waals surface area contributed by atoms with Crippen molar-refractivity contribution in [2.24, 2.45) is 0 Å². The fourth-order valence-electron chi connectivity index (χ4n) is 3.92. The van der Waals surface area contributed by atoms with Crippen LogP contribution in [-0.2, 0) is 11.2 Å². The van der Waals surface area contributed by atoms with Crippen molar-refractivity contribution in [1.29, 1.82) is 0 Å². The largest absolute Gasteiger partial charge is 0.393 e. The minimum atomic E-state index is -0.610. The molecule has 0 aliphatic carbocycles. The number of benzene rings is 2. The maximum absolute atomic E-state index is 13.3. The first-order chi connectivity index (χ1) is 14.9. The van der Waals surface area contributed by atoms with E-state index in [1.165, 1.54) is 12.1 Å². The summed E-state index contributed by atoms with van der Waals surface area (Å²) in [7, 11) is 0. The van der Waals surface area contributed by atoms with E-state index >= 15 is 0 Å². The second kappa shape index (κ2) is 9.18. The topological polar surface area (TPSA) is 85.4 Å². The number of amides is 2. The number of rotatable bonds is 5. The number of likely N-dealkylation sites (tertiary alicyclic amines) is 1. The summed E-state index contributed by atoms with van der Waals surface area (Å²) in [5.74, 6) is -1.30. The lowest BCUT2D eigenvalue weighted by atomic mass is 9.99. The van der Waals surface area contributed by atoms with E-state index in [1.54, 1.807) is 36.4 Å². The molecule has 8 heteroatoms. The number of halogens is 2. The summed E-state index contributed by atoms with van der Waals surface area (Å²) in [6.45, 7) is 1.08. The van der Waals surface area contributed by atoms with Crippen molar-refractivity contribution in [2.75, 3.05) is 13.1 Å². The average molecular weight is 444 g/mol. The third-order valence-electron chi connectivity index (χ3n) is 5.65. The highest BCUT2D eigenvalue weighted by molar-refractivity contribution is 6.31. The van der Waals surface area contributed by atoms with Crippen LogP contribution in [0.15, 0.2) is 48.5 Å². The molecule has 1 atom stereocenters. The molecule has 1 saturated heterocycles. The first-order valence-corrected chi connectivity index (χ1v) is 10.6. The number of hydrogen-bond donors (Lipinski definition) is 3. The molecule has 162 valence electrons. The smallest absolute Gasteiger partial charge is 0.274 e. The fraction of sp³-hybridized carbons (Fsp3) is 0.304. The quantitative estimate of drug-likeness (QED) is 0.565. The Hall–Kier alpha value is -2.74. The fourth-order valence-corrected chi connectivity index (χ4v) is 4.10. The summed E-state index contributed by atoms with van der Waals surface area (Å²) in [5, 5.41) is 13.6. The number of nitrogens with zero attached hydrogens (tertiary/aromatic N) is 1. The lowest BCUT2D eigenvalue weighted by Crippen LogP contribution is -2.52. The van der Waals surface area contributed by atoms with Gasteiger partial charge in [0, 0.05) is 29.0 Å². The Bertz CT molecular complexity index is 1090. The van der Waals surface area contributed by atoms with Crippen molar-refractivity contribution >= 4 is 34.3 Å². The van der Waals surface area contributed by atoms with Crippen molar-refractivity contribution < 1.29 is 19.1 Å². The van der Waals surface area contributed by atoms with Gasteiger partial charge in [0.2, 0.25) is 5.91 Å². The highest BCUT2D eigenvalue weighted by Gasteiger charge is 2.31. The highest BCUT2D eigenvalue weighted by Crippen LogP contribution is 2.21. The molecule has 3 N–H and O–H groups in total. The zero-order chi connectivity index (χ0) is 22.0. The minimum absolute atomic E-state index is 0.264. The maximum Gasteiger partial charge on any atom is 0.274 e. The third-order valence-corrected chi connectivity index (χ3v) is 5.88. The summed E-state index contributed by atoms with van der Waals surface area (Å²) in [6, 6.07) is 12.2. The molecule has 3 aromatic rings. The molecule has 2 aromatic carbocycles. The van der Waals surface area contributed by atoms with E-state index in [0.717, 1.165) is 16.5 Å². The molecule has 1 unspecified atom stereocenters. The number of carbonyl (C=O) groups is 2. The second-order valence-corrected chi connectivity index (χ2v) is 8.28. The lowest BCUT2D eigenvalue weighted by molar-refractivity contribution is -0.126. The van der Waals surface area contributed by atoms with Gasteiger partial charge in [-0.05, 0) is 61.2 Å². The van der Waals surface area contributed by atoms with Gasteiger partial charge in [-0.3, -0.25) is 19.8 Å². The molecule has 1 aliphatic rings. The number of carbonyl (C=O) groups excluding carboxylic acids is 2. The molecule has 1 aromatic heterocycles. The van der Waals surface area contributed by atoms with Gasteiger partial charge in [0.1, 0.15) is 11.5 Å². The van der Waals surface area contributed by atoms with Crippen LogP contribution in [0.4, 0.5) is 4.39 Å². The van der Waals surface area contributed by atoms with Gasteiger partial charge in [-0.1, -0.05) is 23.7 Å². The molecule has 31 heavy (non-hydrogen) atoms. The zero-order valence-corrected chi connectivity index (χ0v) is 17.5. The predicted molar refractivity (Wildman–Crippen MR) is 116 cm³/mol. The number of aliphatic hydroxyl groups excluding tert-OH is 1. The van der Waals surface area contributed by atoms with E-state index in [4.69, 9.17) is 11.6 Å². The molecule has 4 rings (SSSR count). The van der Waals surface area contributed by atoms with E-state index in [0.29, 0.717) is 37.4 Å². The van der Waals surface area contributed by atoms with Crippen LogP contribution in [0.5, 0.6) is 0 Å². The Morgan fingerprint density at radius 3 is 2.58 bits per heavy atom. The molecule has 0 spiro atoms. The molecular formula is C23H23ClFN3O3. The minimum Gasteiger partial charge on any atom is -0.393 e. The summed E-state index contributed by atoms with van der Waals surface area (Å²) < 4.78 is 13.3. The van der Waals surface area contributed by atoms with Gasteiger partial charge in [-0.15, -0.1) is 0 Å². The SMILES string of the molecule is O=C(NC(=O)C(Cc1ccc(F)cc1)N1CCC(O)CC1)c1cc2cc(Cl)ccc2[nH]1. The van der Waals surface area contributed by atoms with Crippen LogP contribution in [0.2, 0.25) is 5.02 Å². The number of aromatic amines is 1. The van der Waals surface area contributed by atoms with Crippen LogP contribution >= 0.6 is 11.6 Å². The van der Waals surface area contributed by atoms with Crippen molar-refractivity contribution in [3.05, 3.63) is 70.6 Å². The van der Waals surface area contributed by atoms with E-state index in [-0.39, 0.29) is 17.6 Å². The van der Waals surface area contributed by atoms with E-state index in [2.05, 4.69) is 10.3 Å². The van der Waals surface area contributed by atoms with Gasteiger partial charge >= 0.3 is 0 Å². The molecule has 0 bridgehead atoms. The lowest BCUT2D eigenvalue weighted by Gasteiger charge is -2.35. The molecule has 2 amide bonds. The monoisotopic (exact) mass is 443 g/mol. The number of nitrogens with one attached hydrogen (secondary N) is 2. The van der Waals surface area contributed by atoms with Crippen LogP contribution in [0.25, 0.3) is 10.9 Å². The summed E-state index contributed by atoms with van der Waals surface area (Å²) >= 11 is 6.00. The van der Waals surface area contributed by atoms with Crippen LogP contribution in [0, 0.1) is 5.82 Å². The number of imide groups is 1. The van der Waals surface area contributed by atoms with E-state index < -0.39 is 17.9 Å².